The van der Waals surface area contributed by atoms with Crippen molar-refractivity contribution in [2.24, 2.45) is 0 Å². The molecule has 2 atom stereocenters. The number of rotatable bonds is 9. The minimum absolute atomic E-state index is 0.0190. The molecule has 1 aliphatic carbocycles. The number of ketones is 1. The van der Waals surface area contributed by atoms with Crippen molar-refractivity contribution >= 4 is 23.1 Å². The zero-order chi connectivity index (χ0) is 28.9. The van der Waals surface area contributed by atoms with Crippen LogP contribution in [0.3, 0.4) is 0 Å². The molecule has 0 saturated heterocycles. The second-order valence-corrected chi connectivity index (χ2v) is 10.6. The molecule has 7 nitrogen and oxygen atoms in total. The lowest BCUT2D eigenvalue weighted by molar-refractivity contribution is -0.119. The van der Waals surface area contributed by atoms with Crippen molar-refractivity contribution in [2.45, 2.75) is 57.4 Å². The number of nitrogens with zero attached hydrogens (tertiary/aromatic N) is 1. The minimum atomic E-state index is -0.673. The molecule has 0 radical (unpaired) electrons. The van der Waals surface area contributed by atoms with Gasteiger partial charge in [0.1, 0.15) is 0 Å². The third-order valence-corrected chi connectivity index (χ3v) is 8.03. The largest absolute Gasteiger partial charge is 0.493 e. The second-order valence-electron chi connectivity index (χ2n) is 10.6. The highest BCUT2D eigenvalue weighted by molar-refractivity contribution is 6.06. The van der Waals surface area contributed by atoms with Gasteiger partial charge >= 0.3 is 0 Å². The third kappa shape index (κ3) is 5.53. The second kappa shape index (κ2) is 12.5. The van der Waals surface area contributed by atoms with Crippen LogP contribution in [0.1, 0.15) is 68.5 Å². The zero-order valence-corrected chi connectivity index (χ0v) is 24.2. The average molecular weight is 555 g/mol. The summed E-state index contributed by atoms with van der Waals surface area (Å²) < 4.78 is 17.0. The molecule has 0 bridgehead atoms. The van der Waals surface area contributed by atoms with Gasteiger partial charge in [-0.2, -0.15) is 0 Å². The summed E-state index contributed by atoms with van der Waals surface area (Å²) in [6, 6.07) is 21.0. The van der Waals surface area contributed by atoms with E-state index in [0.29, 0.717) is 42.1 Å². The first kappa shape index (κ1) is 28.3. The van der Waals surface area contributed by atoms with Crippen LogP contribution in [0.4, 0.5) is 11.4 Å². The number of hydrogen-bond donors (Lipinski definition) is 1. The normalized spacial score (nSPS) is 18.1. The monoisotopic (exact) mass is 554 g/mol. The molecule has 2 aliphatic rings. The lowest BCUT2D eigenvalue weighted by atomic mass is 9.78. The van der Waals surface area contributed by atoms with Gasteiger partial charge in [-0.05, 0) is 54.2 Å². The molecule has 3 aromatic rings. The molecule has 0 fully saturated rings. The predicted octanol–water partition coefficient (Wildman–Crippen LogP) is 7.19. The van der Waals surface area contributed by atoms with Crippen molar-refractivity contribution in [3.8, 4) is 17.2 Å². The highest BCUT2D eigenvalue weighted by atomic mass is 16.5. The molecule has 214 valence electrons. The molecule has 5 rings (SSSR count). The number of unbranched alkanes of at least 4 members (excludes halogenated alkanes) is 2. The van der Waals surface area contributed by atoms with Gasteiger partial charge in [-0.15, -0.1) is 0 Å². The Labute approximate surface area is 242 Å². The number of nitrogens with one attached hydrogen (secondary N) is 1. The summed E-state index contributed by atoms with van der Waals surface area (Å²) in [7, 11) is 4.70. The number of benzene rings is 3. The Balaban J connectivity index is 1.73. The number of methoxy groups -OCH3 is 3. The maximum absolute atomic E-state index is 14.2. The van der Waals surface area contributed by atoms with Gasteiger partial charge in [-0.1, -0.05) is 62.2 Å². The molecular weight excluding hydrogens is 516 g/mol. The summed E-state index contributed by atoms with van der Waals surface area (Å²) in [6.45, 7) is 2.12. The van der Waals surface area contributed by atoms with Crippen LogP contribution in [0.5, 0.6) is 17.2 Å². The fourth-order valence-electron chi connectivity index (χ4n) is 6.05. The first-order valence-corrected chi connectivity index (χ1v) is 14.3. The van der Waals surface area contributed by atoms with Crippen LogP contribution in [0.2, 0.25) is 0 Å². The van der Waals surface area contributed by atoms with Crippen LogP contribution in [-0.2, 0) is 9.59 Å². The molecule has 0 saturated carbocycles. The molecule has 7 heteroatoms. The van der Waals surface area contributed by atoms with E-state index in [1.165, 1.54) is 0 Å². The molecule has 3 aromatic carbocycles. The van der Waals surface area contributed by atoms with Gasteiger partial charge in [0, 0.05) is 24.1 Å². The van der Waals surface area contributed by atoms with E-state index in [2.05, 4.69) is 24.4 Å². The summed E-state index contributed by atoms with van der Waals surface area (Å²) in [6.07, 6.45) is 4.14. The molecule has 1 heterocycles. The van der Waals surface area contributed by atoms with Crippen LogP contribution in [0.25, 0.3) is 0 Å². The third-order valence-electron chi connectivity index (χ3n) is 8.03. The number of amides is 1. The number of hydrogen-bond acceptors (Lipinski definition) is 6. The van der Waals surface area contributed by atoms with E-state index in [1.54, 1.807) is 21.3 Å². The number of Topliss-reactive ketones (excluding diaryl/α,β-unsaturated/α-hetero) is 1. The van der Waals surface area contributed by atoms with Crippen molar-refractivity contribution in [3.63, 3.8) is 0 Å². The van der Waals surface area contributed by atoms with Gasteiger partial charge in [-0.3, -0.25) is 14.5 Å². The van der Waals surface area contributed by atoms with Crippen LogP contribution in [-0.4, -0.2) is 33.0 Å². The van der Waals surface area contributed by atoms with Crippen molar-refractivity contribution < 1.29 is 23.8 Å². The number of allylic oxidation sites excluding steroid dienone is 1. The summed E-state index contributed by atoms with van der Waals surface area (Å²) in [5, 5.41) is 3.60. The molecule has 0 spiro atoms. The Morgan fingerprint density at radius 1 is 0.878 bits per heavy atom. The Hall–Kier alpha value is -4.26. The highest BCUT2D eigenvalue weighted by Gasteiger charge is 2.42. The molecule has 41 heavy (non-hydrogen) atoms. The Bertz CT molecular complexity index is 1420. The molecule has 1 N–H and O–H groups in total. The minimum Gasteiger partial charge on any atom is -0.493 e. The number of anilines is 2. The molecule has 1 aliphatic heterocycles. The number of fused-ring (bicyclic) bond motifs is 1. The number of ether oxygens (including phenoxy) is 3. The van der Waals surface area contributed by atoms with Gasteiger partial charge in [-0.25, -0.2) is 0 Å². The van der Waals surface area contributed by atoms with Gasteiger partial charge in [0.15, 0.2) is 17.3 Å². The molecule has 0 unspecified atom stereocenters. The highest BCUT2D eigenvalue weighted by Crippen LogP contribution is 2.50. The summed E-state index contributed by atoms with van der Waals surface area (Å²) in [5.74, 6) is 1.43. The number of para-hydroxylation sites is 2. The quantitative estimate of drug-likeness (QED) is 0.282. The number of carbonyl (C=O) groups is 2. The van der Waals surface area contributed by atoms with E-state index in [9.17, 15) is 9.59 Å². The van der Waals surface area contributed by atoms with E-state index in [-0.39, 0.29) is 17.6 Å². The first-order chi connectivity index (χ1) is 20.0. The van der Waals surface area contributed by atoms with E-state index >= 15 is 0 Å². The molecule has 0 aromatic heterocycles. The van der Waals surface area contributed by atoms with E-state index in [0.717, 1.165) is 47.5 Å². The van der Waals surface area contributed by atoms with E-state index in [1.807, 2.05) is 59.5 Å². The van der Waals surface area contributed by atoms with Crippen molar-refractivity contribution in [3.05, 3.63) is 89.1 Å². The van der Waals surface area contributed by atoms with Crippen molar-refractivity contribution in [1.82, 2.24) is 0 Å². The van der Waals surface area contributed by atoms with Gasteiger partial charge in [0.25, 0.3) is 0 Å². The average Bonchev–Trinajstić information content (AvgIpc) is 3.15. The van der Waals surface area contributed by atoms with Crippen molar-refractivity contribution in [1.29, 1.82) is 0 Å². The van der Waals surface area contributed by atoms with Gasteiger partial charge in [0.2, 0.25) is 11.7 Å². The topological polar surface area (TPSA) is 77.1 Å². The summed E-state index contributed by atoms with van der Waals surface area (Å²) in [4.78, 5) is 30.2. The van der Waals surface area contributed by atoms with Crippen molar-refractivity contribution in [2.75, 3.05) is 31.5 Å². The van der Waals surface area contributed by atoms with Gasteiger partial charge in [0.05, 0.1) is 38.7 Å². The SMILES string of the molecule is CCCCCC(=O)N1c2ccccc2NC2=C(C(=O)C[C@H](c3ccccc3)C2)[C@H]1c1cc(OC)c(OC)c(OC)c1. The molecule has 1 amide bonds. The maximum Gasteiger partial charge on any atom is 0.227 e. The lowest BCUT2D eigenvalue weighted by Crippen LogP contribution is -2.38. The first-order valence-electron chi connectivity index (χ1n) is 14.3. The fourth-order valence-corrected chi connectivity index (χ4v) is 6.05. The Morgan fingerprint density at radius 3 is 2.22 bits per heavy atom. The van der Waals surface area contributed by atoms with E-state index < -0.39 is 6.04 Å². The van der Waals surface area contributed by atoms with Crippen LogP contribution >= 0.6 is 0 Å². The van der Waals surface area contributed by atoms with E-state index in [4.69, 9.17) is 14.2 Å². The molecular formula is C34H38N2O5. The zero-order valence-electron chi connectivity index (χ0n) is 24.2. The predicted molar refractivity (Wildman–Crippen MR) is 161 cm³/mol. The Kier molecular flexibility index (Phi) is 8.62. The number of carbonyl (C=O) groups excluding carboxylic acids is 2. The van der Waals surface area contributed by atoms with Crippen LogP contribution < -0.4 is 24.4 Å². The summed E-state index contributed by atoms with van der Waals surface area (Å²) >= 11 is 0. The maximum atomic E-state index is 14.2. The van der Waals surface area contributed by atoms with Crippen LogP contribution in [0.15, 0.2) is 78.0 Å². The summed E-state index contributed by atoms with van der Waals surface area (Å²) in [5.41, 5.74) is 4.84. The van der Waals surface area contributed by atoms with Gasteiger partial charge < -0.3 is 19.5 Å². The van der Waals surface area contributed by atoms with Crippen LogP contribution in [0, 0.1) is 0 Å². The fraction of sp³-hybridized carbons (Fsp3) is 0.353. The Morgan fingerprint density at radius 2 is 1.56 bits per heavy atom. The lowest BCUT2D eigenvalue weighted by Gasteiger charge is -2.35. The smallest absolute Gasteiger partial charge is 0.227 e. The standard InChI is InChI=1S/C34H38N2O5/c1-5-6-8-17-31(38)36-27-16-12-11-15-25(27)35-26-18-23(22-13-9-7-10-14-22)19-28(37)32(26)33(36)24-20-29(39-2)34(41-4)30(21-24)40-3/h7,9-16,20-21,23,33,35H,5-6,8,17-19H2,1-4H3/t23-,33-/m1/s1.